The number of carbonyl (C=O) groups is 2. The number of carbonyl (C=O) groups excluding carboxylic acids is 2. The Morgan fingerprint density at radius 2 is 2.03 bits per heavy atom. The Morgan fingerprint density at radius 3 is 2.75 bits per heavy atom. The number of nitriles is 1. The molecule has 5 fully saturated rings. The van der Waals surface area contributed by atoms with Crippen LogP contribution in [0.15, 0.2) is 30.3 Å². The lowest BCUT2D eigenvalue weighted by molar-refractivity contribution is -0.199. The molecule has 1 aromatic rings. The molecule has 1 aromatic carbocycles. The van der Waals surface area contributed by atoms with Crippen molar-refractivity contribution in [1.29, 1.82) is 5.26 Å². The molecule has 0 unspecified atom stereocenters. The summed E-state index contributed by atoms with van der Waals surface area (Å²) >= 11 is 0. The van der Waals surface area contributed by atoms with E-state index in [-0.39, 0.29) is 47.7 Å². The van der Waals surface area contributed by atoms with Crippen LogP contribution in [-0.2, 0) is 30.1 Å². The number of hydrogen-bond donors (Lipinski definition) is 1. The van der Waals surface area contributed by atoms with Gasteiger partial charge in [-0.1, -0.05) is 44.2 Å². The molecule has 0 radical (unpaired) electrons. The van der Waals surface area contributed by atoms with Crippen LogP contribution in [0.25, 0.3) is 0 Å². The molecule has 0 aromatic heterocycles. The van der Waals surface area contributed by atoms with Gasteiger partial charge in [0.25, 0.3) is 0 Å². The second-order valence-electron chi connectivity index (χ2n) is 11.6. The molecular formula is C27H36BN3O5. The normalized spacial score (nSPS) is 33.2. The monoisotopic (exact) mass is 493 g/mol. The second kappa shape index (κ2) is 9.81. The minimum Gasteiger partial charge on any atom is -0.404 e. The molecular weight excluding hydrogens is 457 g/mol. The molecule has 0 spiro atoms. The largest absolute Gasteiger partial charge is 0.482 e. The fourth-order valence-corrected chi connectivity index (χ4v) is 6.88. The second-order valence-corrected chi connectivity index (χ2v) is 11.6. The van der Waals surface area contributed by atoms with E-state index in [0.717, 1.165) is 12.0 Å². The third-order valence-corrected chi connectivity index (χ3v) is 9.08. The van der Waals surface area contributed by atoms with Crippen LogP contribution in [0.3, 0.4) is 0 Å². The lowest BCUT2D eigenvalue weighted by atomic mass is 9.43. The van der Waals surface area contributed by atoms with Gasteiger partial charge in [-0.2, -0.15) is 5.26 Å². The minimum absolute atomic E-state index is 0.0378. The highest BCUT2D eigenvalue weighted by Crippen LogP contribution is 2.65. The number of benzene rings is 1. The van der Waals surface area contributed by atoms with Gasteiger partial charge in [0.2, 0.25) is 11.8 Å². The highest BCUT2D eigenvalue weighted by Gasteiger charge is 2.68. The standard InChI is InChI=1S/C27H36BN3O5/c1-26(2)19-14-21(26)27(3)22(15-19)35-28(36-27)23(13-18-7-5-4-6-8-18)30-24(32)16-20-17-31(11-12-34-20)25(33)9-10-29/h4-8,19-23H,9,11-17H2,1-3H3,(H,30,32)/t19-,20+,21-,22+,23-,27-/m0/s1. The van der Waals surface area contributed by atoms with Crippen molar-refractivity contribution in [2.75, 3.05) is 19.7 Å². The first kappa shape index (κ1) is 25.3. The van der Waals surface area contributed by atoms with Gasteiger partial charge >= 0.3 is 7.12 Å². The SMILES string of the molecule is CC1(C)[C@@H]2C[C@H]3OB([C@H](Cc4ccccc4)NC(=O)C[C@@H]4CN(C(=O)CC#N)CCO4)O[C@@]3(C)[C@H]1C2. The molecule has 6 atom stereocenters. The summed E-state index contributed by atoms with van der Waals surface area (Å²) in [7, 11) is -0.528. The van der Waals surface area contributed by atoms with Crippen molar-refractivity contribution in [3.8, 4) is 6.07 Å². The first-order valence-corrected chi connectivity index (χ1v) is 13.1. The van der Waals surface area contributed by atoms with Crippen molar-refractivity contribution >= 4 is 18.9 Å². The third-order valence-electron chi connectivity index (χ3n) is 9.08. The summed E-state index contributed by atoms with van der Waals surface area (Å²) < 4.78 is 19.0. The van der Waals surface area contributed by atoms with E-state index < -0.39 is 13.2 Å². The molecule has 6 rings (SSSR count). The van der Waals surface area contributed by atoms with Crippen LogP contribution in [-0.4, -0.2) is 67.3 Å². The number of ether oxygens (including phenoxy) is 1. The molecule has 192 valence electrons. The number of nitrogens with zero attached hydrogens (tertiary/aromatic N) is 2. The molecule has 1 N–H and O–H groups in total. The van der Waals surface area contributed by atoms with Crippen LogP contribution < -0.4 is 5.32 Å². The fourth-order valence-electron chi connectivity index (χ4n) is 6.88. The fraction of sp³-hybridized carbons (Fsp3) is 0.667. The van der Waals surface area contributed by atoms with Crippen molar-refractivity contribution in [2.45, 2.75) is 76.6 Å². The number of hydrogen-bond acceptors (Lipinski definition) is 6. The van der Waals surface area contributed by atoms with Crippen LogP contribution in [0.4, 0.5) is 0 Å². The maximum Gasteiger partial charge on any atom is 0.482 e. The van der Waals surface area contributed by atoms with E-state index in [1.807, 2.05) is 36.4 Å². The van der Waals surface area contributed by atoms with Crippen molar-refractivity contribution in [1.82, 2.24) is 10.2 Å². The van der Waals surface area contributed by atoms with E-state index >= 15 is 0 Å². The Morgan fingerprint density at radius 1 is 1.25 bits per heavy atom. The lowest BCUT2D eigenvalue weighted by Gasteiger charge is -2.64. The predicted molar refractivity (Wildman–Crippen MR) is 133 cm³/mol. The van der Waals surface area contributed by atoms with Gasteiger partial charge in [-0.3, -0.25) is 9.59 Å². The van der Waals surface area contributed by atoms with Crippen LogP contribution in [0.5, 0.6) is 0 Å². The summed E-state index contributed by atoms with van der Waals surface area (Å²) in [6.07, 6.45) is 2.36. The Labute approximate surface area is 213 Å². The zero-order valence-electron chi connectivity index (χ0n) is 21.4. The van der Waals surface area contributed by atoms with E-state index in [2.05, 4.69) is 26.1 Å². The number of morpholine rings is 1. The molecule has 3 aliphatic carbocycles. The van der Waals surface area contributed by atoms with Crippen molar-refractivity contribution in [3.63, 3.8) is 0 Å². The highest BCUT2D eigenvalue weighted by molar-refractivity contribution is 6.48. The van der Waals surface area contributed by atoms with Gasteiger partial charge in [-0.05, 0) is 49.0 Å². The van der Waals surface area contributed by atoms with Crippen LogP contribution in [0, 0.1) is 28.6 Å². The third kappa shape index (κ3) is 4.67. The summed E-state index contributed by atoms with van der Waals surface area (Å²) in [4.78, 5) is 26.9. The van der Waals surface area contributed by atoms with Gasteiger partial charge in [0.05, 0.1) is 42.8 Å². The molecule has 8 nitrogen and oxygen atoms in total. The first-order chi connectivity index (χ1) is 17.2. The molecule has 5 aliphatic rings. The van der Waals surface area contributed by atoms with E-state index in [1.54, 1.807) is 4.90 Å². The lowest BCUT2D eigenvalue weighted by Crippen LogP contribution is -2.65. The maximum absolute atomic E-state index is 13.2. The summed E-state index contributed by atoms with van der Waals surface area (Å²) in [5.74, 6) is 0.368. The number of nitrogens with one attached hydrogen (secondary N) is 1. The van der Waals surface area contributed by atoms with Gasteiger partial charge in [-0.15, -0.1) is 0 Å². The van der Waals surface area contributed by atoms with E-state index in [0.29, 0.717) is 38.0 Å². The van der Waals surface area contributed by atoms with Gasteiger partial charge in [0.15, 0.2) is 0 Å². The molecule has 2 heterocycles. The van der Waals surface area contributed by atoms with Gasteiger partial charge in [0.1, 0.15) is 6.42 Å². The summed E-state index contributed by atoms with van der Waals surface area (Å²) in [5.41, 5.74) is 0.993. The number of rotatable bonds is 7. The average molecular weight is 493 g/mol. The average Bonchev–Trinajstić information content (AvgIpc) is 3.21. The zero-order chi connectivity index (χ0) is 25.5. The topological polar surface area (TPSA) is 101 Å². The summed E-state index contributed by atoms with van der Waals surface area (Å²) in [6.45, 7) is 7.97. The van der Waals surface area contributed by atoms with E-state index in [1.165, 1.54) is 6.42 Å². The summed E-state index contributed by atoms with van der Waals surface area (Å²) in [5, 5.41) is 12.0. The number of amides is 2. The predicted octanol–water partition coefficient (Wildman–Crippen LogP) is 2.51. The Bertz CT molecular complexity index is 1030. The minimum atomic E-state index is -0.528. The van der Waals surface area contributed by atoms with Gasteiger partial charge in [0, 0.05) is 13.1 Å². The molecule has 2 aliphatic heterocycles. The quantitative estimate of drug-likeness (QED) is 0.586. The smallest absolute Gasteiger partial charge is 0.404 e. The Balaban J connectivity index is 1.26. The molecule has 2 amide bonds. The van der Waals surface area contributed by atoms with Crippen molar-refractivity contribution in [2.24, 2.45) is 17.3 Å². The Kier molecular flexibility index (Phi) is 6.88. The molecule has 2 saturated heterocycles. The van der Waals surface area contributed by atoms with Gasteiger partial charge < -0.3 is 24.3 Å². The van der Waals surface area contributed by atoms with Crippen molar-refractivity contribution < 1.29 is 23.6 Å². The van der Waals surface area contributed by atoms with E-state index in [4.69, 9.17) is 19.3 Å². The zero-order valence-corrected chi connectivity index (χ0v) is 21.4. The molecule has 9 heteroatoms. The summed E-state index contributed by atoms with van der Waals surface area (Å²) in [6, 6.07) is 12.0. The van der Waals surface area contributed by atoms with Crippen LogP contribution in [0.1, 0.15) is 52.0 Å². The molecule has 36 heavy (non-hydrogen) atoms. The van der Waals surface area contributed by atoms with Gasteiger partial charge in [-0.25, -0.2) is 0 Å². The van der Waals surface area contributed by atoms with Crippen LogP contribution >= 0.6 is 0 Å². The highest BCUT2D eigenvalue weighted by atomic mass is 16.7. The molecule has 2 bridgehead atoms. The van der Waals surface area contributed by atoms with E-state index in [9.17, 15) is 9.59 Å². The Hall–Kier alpha value is -2.41. The molecule has 3 saturated carbocycles. The van der Waals surface area contributed by atoms with Crippen LogP contribution in [0.2, 0.25) is 0 Å². The first-order valence-electron chi connectivity index (χ1n) is 13.1. The van der Waals surface area contributed by atoms with Crippen molar-refractivity contribution in [3.05, 3.63) is 35.9 Å². The maximum atomic E-state index is 13.2.